The maximum absolute atomic E-state index is 10.7. The maximum atomic E-state index is 10.7. The third-order valence-corrected chi connectivity index (χ3v) is 3.24. The van der Waals surface area contributed by atoms with Crippen LogP contribution in [0.4, 0.5) is 0 Å². The number of aliphatic carboxylic acids is 1. The lowest BCUT2D eigenvalue weighted by atomic mass is 10.2. The van der Waals surface area contributed by atoms with Crippen molar-refractivity contribution < 1.29 is 9.90 Å². The first-order chi connectivity index (χ1) is 7.63. The molecular formula is C12H17NO2S. The van der Waals surface area contributed by atoms with Gasteiger partial charge in [0.1, 0.15) is 0 Å². The lowest BCUT2D eigenvalue weighted by Crippen LogP contribution is -2.13. The highest BCUT2D eigenvalue weighted by molar-refractivity contribution is 7.11. The van der Waals surface area contributed by atoms with E-state index in [0.29, 0.717) is 18.5 Å². The van der Waals surface area contributed by atoms with Crippen LogP contribution in [0.15, 0.2) is 23.8 Å². The summed E-state index contributed by atoms with van der Waals surface area (Å²) in [7, 11) is 0. The van der Waals surface area contributed by atoms with Gasteiger partial charge < -0.3 is 10.4 Å². The average Bonchev–Trinajstić information content (AvgIpc) is 2.64. The van der Waals surface area contributed by atoms with Crippen molar-refractivity contribution in [3.63, 3.8) is 0 Å². The Hall–Kier alpha value is -1.13. The molecule has 0 radical (unpaired) electrons. The van der Waals surface area contributed by atoms with Crippen LogP contribution >= 0.6 is 11.3 Å². The van der Waals surface area contributed by atoms with Gasteiger partial charge in [0.25, 0.3) is 0 Å². The largest absolute Gasteiger partial charge is 0.478 e. The molecule has 0 unspecified atom stereocenters. The van der Waals surface area contributed by atoms with Gasteiger partial charge >= 0.3 is 5.97 Å². The minimum absolute atomic E-state index is 0.467. The van der Waals surface area contributed by atoms with E-state index in [1.165, 1.54) is 9.75 Å². The molecule has 88 valence electrons. The standard InChI is InChI=1S/C12H17NO2S/c1-3-10(12(14)15)6-7-13-8-11-5-4-9(2)16-11/h4-6,13H,3,7-8H2,1-2H3,(H,14,15)/b10-6-. The van der Waals surface area contributed by atoms with E-state index in [0.717, 1.165) is 6.54 Å². The van der Waals surface area contributed by atoms with Gasteiger partial charge in [0.2, 0.25) is 0 Å². The van der Waals surface area contributed by atoms with Crippen LogP contribution in [0.1, 0.15) is 23.1 Å². The summed E-state index contributed by atoms with van der Waals surface area (Å²) in [6.45, 7) is 5.33. The predicted octanol–water partition coefficient (Wildman–Crippen LogP) is 2.57. The molecule has 0 spiro atoms. The van der Waals surface area contributed by atoms with Crippen LogP contribution in [-0.4, -0.2) is 17.6 Å². The third-order valence-electron chi connectivity index (χ3n) is 2.24. The second kappa shape index (κ2) is 6.45. The van der Waals surface area contributed by atoms with Crippen LogP contribution in [0.25, 0.3) is 0 Å². The van der Waals surface area contributed by atoms with E-state index in [2.05, 4.69) is 24.4 Å². The van der Waals surface area contributed by atoms with Crippen molar-refractivity contribution in [2.45, 2.75) is 26.8 Å². The molecule has 4 heteroatoms. The molecular weight excluding hydrogens is 222 g/mol. The first kappa shape index (κ1) is 12.9. The zero-order valence-electron chi connectivity index (χ0n) is 9.62. The number of thiophene rings is 1. The van der Waals surface area contributed by atoms with Crippen molar-refractivity contribution in [2.75, 3.05) is 6.54 Å². The number of aryl methyl sites for hydroxylation is 1. The highest BCUT2D eigenvalue weighted by Gasteiger charge is 2.02. The Morgan fingerprint density at radius 2 is 2.31 bits per heavy atom. The minimum atomic E-state index is -0.823. The van der Waals surface area contributed by atoms with E-state index in [-0.39, 0.29) is 0 Å². The van der Waals surface area contributed by atoms with Gasteiger partial charge in [-0.15, -0.1) is 11.3 Å². The van der Waals surface area contributed by atoms with Gasteiger partial charge in [0, 0.05) is 28.4 Å². The fourth-order valence-corrected chi connectivity index (χ4v) is 2.21. The Balaban J connectivity index is 2.33. The Morgan fingerprint density at radius 3 is 2.81 bits per heavy atom. The summed E-state index contributed by atoms with van der Waals surface area (Å²) in [5.41, 5.74) is 0.467. The molecule has 0 fully saturated rings. The number of hydrogen-bond acceptors (Lipinski definition) is 3. The second-order valence-electron chi connectivity index (χ2n) is 3.53. The molecule has 0 aliphatic carbocycles. The summed E-state index contributed by atoms with van der Waals surface area (Å²) in [6, 6.07) is 4.18. The van der Waals surface area contributed by atoms with E-state index in [9.17, 15) is 4.79 Å². The Morgan fingerprint density at radius 1 is 1.56 bits per heavy atom. The SMILES string of the molecule is CC/C(=C/CNCc1ccc(C)s1)C(=O)O. The molecule has 3 nitrogen and oxygen atoms in total. The fraction of sp³-hybridized carbons (Fsp3) is 0.417. The lowest BCUT2D eigenvalue weighted by molar-refractivity contribution is -0.132. The van der Waals surface area contributed by atoms with Crippen molar-refractivity contribution >= 4 is 17.3 Å². The zero-order chi connectivity index (χ0) is 12.0. The van der Waals surface area contributed by atoms with Crippen LogP contribution < -0.4 is 5.32 Å². The van der Waals surface area contributed by atoms with Crippen LogP contribution in [0, 0.1) is 6.92 Å². The van der Waals surface area contributed by atoms with Gasteiger partial charge in [-0.3, -0.25) is 0 Å². The normalized spacial score (nSPS) is 11.8. The highest BCUT2D eigenvalue weighted by atomic mass is 32.1. The first-order valence-electron chi connectivity index (χ1n) is 5.31. The first-order valence-corrected chi connectivity index (χ1v) is 6.13. The van der Waals surface area contributed by atoms with Crippen LogP contribution in [-0.2, 0) is 11.3 Å². The molecule has 0 saturated heterocycles. The topological polar surface area (TPSA) is 49.3 Å². The summed E-state index contributed by atoms with van der Waals surface area (Å²) in [5.74, 6) is -0.823. The van der Waals surface area contributed by atoms with E-state index >= 15 is 0 Å². The molecule has 0 bridgehead atoms. The molecule has 16 heavy (non-hydrogen) atoms. The molecule has 2 N–H and O–H groups in total. The predicted molar refractivity (Wildman–Crippen MR) is 66.8 cm³/mol. The number of nitrogens with one attached hydrogen (secondary N) is 1. The number of carboxylic acid groups (broad SMARTS) is 1. The van der Waals surface area contributed by atoms with E-state index in [4.69, 9.17) is 5.11 Å². The zero-order valence-corrected chi connectivity index (χ0v) is 10.4. The molecule has 1 aromatic heterocycles. The Labute approximate surface area is 99.8 Å². The third kappa shape index (κ3) is 4.16. The second-order valence-corrected chi connectivity index (χ2v) is 4.90. The van der Waals surface area contributed by atoms with Gasteiger partial charge in [-0.05, 0) is 25.5 Å². The van der Waals surface area contributed by atoms with Crippen molar-refractivity contribution in [1.82, 2.24) is 5.32 Å². The van der Waals surface area contributed by atoms with E-state index in [1.807, 2.05) is 6.92 Å². The molecule has 0 aliphatic heterocycles. The molecule has 0 atom stereocenters. The van der Waals surface area contributed by atoms with Crippen molar-refractivity contribution in [1.29, 1.82) is 0 Å². The molecule has 1 heterocycles. The molecule has 0 aromatic carbocycles. The van der Waals surface area contributed by atoms with Crippen molar-refractivity contribution in [3.8, 4) is 0 Å². The van der Waals surface area contributed by atoms with Crippen molar-refractivity contribution in [2.24, 2.45) is 0 Å². The van der Waals surface area contributed by atoms with Gasteiger partial charge in [-0.1, -0.05) is 13.0 Å². The Bertz CT molecular complexity index is 382. The average molecular weight is 239 g/mol. The highest BCUT2D eigenvalue weighted by Crippen LogP contribution is 2.14. The Kier molecular flexibility index (Phi) is 5.22. The van der Waals surface area contributed by atoms with Gasteiger partial charge in [-0.25, -0.2) is 4.79 Å². The quantitative estimate of drug-likeness (QED) is 0.592. The summed E-state index contributed by atoms with van der Waals surface area (Å²) < 4.78 is 0. The van der Waals surface area contributed by atoms with Gasteiger partial charge in [0.15, 0.2) is 0 Å². The number of rotatable bonds is 6. The minimum Gasteiger partial charge on any atom is -0.478 e. The lowest BCUT2D eigenvalue weighted by Gasteiger charge is -2.00. The van der Waals surface area contributed by atoms with Crippen LogP contribution in [0.3, 0.4) is 0 Å². The summed E-state index contributed by atoms with van der Waals surface area (Å²) in [4.78, 5) is 13.3. The molecule has 0 saturated carbocycles. The number of carboxylic acids is 1. The maximum Gasteiger partial charge on any atom is 0.331 e. The summed E-state index contributed by atoms with van der Waals surface area (Å²) >= 11 is 1.76. The van der Waals surface area contributed by atoms with Crippen molar-refractivity contribution in [3.05, 3.63) is 33.5 Å². The fourth-order valence-electron chi connectivity index (χ4n) is 1.35. The van der Waals surface area contributed by atoms with Gasteiger partial charge in [0.05, 0.1) is 0 Å². The monoisotopic (exact) mass is 239 g/mol. The summed E-state index contributed by atoms with van der Waals surface area (Å²) in [5, 5.41) is 12.0. The molecule has 1 aromatic rings. The van der Waals surface area contributed by atoms with Crippen LogP contribution in [0.2, 0.25) is 0 Å². The molecule has 0 aliphatic rings. The molecule has 1 rings (SSSR count). The van der Waals surface area contributed by atoms with Gasteiger partial charge in [-0.2, -0.15) is 0 Å². The number of hydrogen-bond donors (Lipinski definition) is 2. The smallest absolute Gasteiger partial charge is 0.331 e. The van der Waals surface area contributed by atoms with E-state index in [1.54, 1.807) is 17.4 Å². The van der Waals surface area contributed by atoms with E-state index < -0.39 is 5.97 Å². The summed E-state index contributed by atoms with van der Waals surface area (Å²) in [6.07, 6.45) is 2.30. The van der Waals surface area contributed by atoms with Crippen LogP contribution in [0.5, 0.6) is 0 Å². The number of carbonyl (C=O) groups is 1. The molecule has 0 amide bonds.